The Hall–Kier alpha value is -7.59. The topological polar surface area (TPSA) is 379 Å². The van der Waals surface area contributed by atoms with Crippen molar-refractivity contribution in [2.45, 2.75) is 29.2 Å². The van der Waals surface area contributed by atoms with Crippen LogP contribution < -0.4 is 34.9 Å². The Labute approximate surface area is 421 Å². The molecular formula is C42H42F2N10O16S4. The standard InChI is InChI=1S/C42H42F2N10O16S4/c1-67-34-12-10-26(18-38(34)73(61,62)63)51-53-30-22-36(69-14-6-16-71(55,56)57)32(20-28(30)43)46-41-48-40(45-24-25-8-4-3-5-9-25)49-42(50-41)47-33-21-29(44)31(23-37(33)70-15-7-17-72(58,59)60)54-52-27-11-13-35(68-2)39(19-27)74(64,65)66/h3-5,8-13,18-23H,6-7,14-17,24H2,1-2H3,(H,55,56,57)(H,58,59,60)(H,61,62,63)(H,64,65,66)(H3,45,46,47,48,49,50). The van der Waals surface area contributed by atoms with E-state index in [4.69, 9.17) is 18.9 Å². The van der Waals surface area contributed by atoms with E-state index in [1.165, 1.54) is 24.3 Å². The molecule has 0 atom stereocenters. The molecule has 0 saturated carbocycles. The van der Waals surface area contributed by atoms with Crippen molar-refractivity contribution in [2.24, 2.45) is 20.5 Å². The van der Waals surface area contributed by atoms with Crippen molar-refractivity contribution in [1.29, 1.82) is 0 Å². The van der Waals surface area contributed by atoms with E-state index in [2.05, 4.69) is 51.4 Å². The van der Waals surface area contributed by atoms with E-state index in [1.54, 1.807) is 30.3 Å². The quantitative estimate of drug-likeness (QED) is 0.0163. The van der Waals surface area contributed by atoms with Crippen LogP contribution in [0.2, 0.25) is 0 Å². The van der Waals surface area contributed by atoms with Crippen LogP contribution >= 0.6 is 0 Å². The van der Waals surface area contributed by atoms with E-state index >= 15 is 8.78 Å². The summed E-state index contributed by atoms with van der Waals surface area (Å²) in [5, 5.41) is 24.0. The monoisotopic (exact) mass is 1110 g/mol. The van der Waals surface area contributed by atoms with Crippen molar-refractivity contribution in [3.05, 3.63) is 108 Å². The van der Waals surface area contributed by atoms with Crippen molar-refractivity contribution >= 4 is 92.4 Å². The van der Waals surface area contributed by atoms with E-state index < -0.39 is 84.8 Å². The van der Waals surface area contributed by atoms with Gasteiger partial charge in [-0.2, -0.15) is 58.9 Å². The number of halogens is 2. The van der Waals surface area contributed by atoms with E-state index in [0.717, 1.165) is 56.2 Å². The maximum Gasteiger partial charge on any atom is 0.298 e. The van der Waals surface area contributed by atoms with Crippen molar-refractivity contribution < 1.29 is 79.6 Å². The molecule has 26 nitrogen and oxygen atoms in total. The molecule has 0 saturated heterocycles. The van der Waals surface area contributed by atoms with Gasteiger partial charge in [0.1, 0.15) is 44.2 Å². The fraction of sp³-hybridized carbons (Fsp3) is 0.214. The lowest BCUT2D eigenvalue weighted by molar-refractivity contribution is 0.317. The second-order valence-corrected chi connectivity index (χ2v) is 20.9. The summed E-state index contributed by atoms with van der Waals surface area (Å²) in [6.45, 7) is -0.613. The zero-order valence-electron chi connectivity index (χ0n) is 38.3. The molecule has 6 rings (SSSR count). The number of nitrogens with one attached hydrogen (secondary N) is 3. The van der Waals surface area contributed by atoms with Gasteiger partial charge in [-0.3, -0.25) is 18.2 Å². The van der Waals surface area contributed by atoms with Crippen LogP contribution in [-0.4, -0.2) is 106 Å². The largest absolute Gasteiger partial charge is 0.495 e. The first-order chi connectivity index (χ1) is 34.9. The van der Waals surface area contributed by atoms with Crippen molar-refractivity contribution in [3.8, 4) is 23.0 Å². The summed E-state index contributed by atoms with van der Waals surface area (Å²) in [5.41, 5.74) is -0.949. The molecule has 394 valence electrons. The Morgan fingerprint density at radius 3 is 1.34 bits per heavy atom. The molecular weight excluding hydrogens is 1070 g/mol. The molecule has 1 heterocycles. The normalized spacial score (nSPS) is 12.2. The van der Waals surface area contributed by atoms with Gasteiger partial charge in [-0.05, 0) is 54.8 Å². The van der Waals surface area contributed by atoms with Gasteiger partial charge in [-0.1, -0.05) is 30.3 Å². The highest BCUT2D eigenvalue weighted by Crippen LogP contribution is 2.38. The zero-order chi connectivity index (χ0) is 53.8. The van der Waals surface area contributed by atoms with Crippen molar-refractivity contribution in [1.82, 2.24) is 15.0 Å². The van der Waals surface area contributed by atoms with Crippen LogP contribution in [0.5, 0.6) is 23.0 Å². The summed E-state index contributed by atoms with van der Waals surface area (Å²) in [6.07, 6.45) is -0.505. The van der Waals surface area contributed by atoms with Gasteiger partial charge in [0, 0.05) is 30.8 Å². The van der Waals surface area contributed by atoms with E-state index in [-0.39, 0.29) is 96.2 Å². The van der Waals surface area contributed by atoms with Gasteiger partial charge in [-0.25, -0.2) is 8.78 Å². The number of nitrogens with zero attached hydrogens (tertiary/aromatic N) is 7. The molecule has 0 aliphatic rings. The number of azo groups is 2. The SMILES string of the molecule is COc1ccc(N=Nc2cc(OCCCS(=O)(=O)O)c(Nc3nc(NCc4ccccc4)nc(Nc4cc(F)c(N=Nc5ccc(OC)c(S(=O)(=O)O)c5)cc4OCCCS(=O)(=O)O)n3)cc2F)cc1S(=O)(=O)O. The molecule has 7 N–H and O–H groups in total. The lowest BCUT2D eigenvalue weighted by Gasteiger charge is -2.16. The van der Waals surface area contributed by atoms with Gasteiger partial charge in [0.15, 0.2) is 11.6 Å². The van der Waals surface area contributed by atoms with Gasteiger partial charge < -0.3 is 34.9 Å². The zero-order valence-corrected chi connectivity index (χ0v) is 41.6. The number of aromatic nitrogens is 3. The highest BCUT2D eigenvalue weighted by atomic mass is 32.2. The minimum atomic E-state index is -4.79. The molecule has 0 radical (unpaired) electrons. The van der Waals surface area contributed by atoms with Crippen LogP contribution in [0.15, 0.2) is 121 Å². The van der Waals surface area contributed by atoms with Gasteiger partial charge in [0.05, 0.1) is 61.7 Å². The van der Waals surface area contributed by atoms with Gasteiger partial charge in [-0.15, -0.1) is 10.2 Å². The first kappa shape index (κ1) is 55.7. The third-order valence-electron chi connectivity index (χ3n) is 9.52. The minimum absolute atomic E-state index is 0.135. The Morgan fingerprint density at radius 1 is 0.527 bits per heavy atom. The van der Waals surface area contributed by atoms with Crippen LogP contribution in [0, 0.1) is 11.6 Å². The number of methoxy groups -OCH3 is 2. The highest BCUT2D eigenvalue weighted by Gasteiger charge is 2.21. The van der Waals surface area contributed by atoms with Gasteiger partial charge in [0.25, 0.3) is 40.5 Å². The second kappa shape index (κ2) is 24.0. The Balaban J connectivity index is 1.39. The van der Waals surface area contributed by atoms with Crippen molar-refractivity contribution in [3.63, 3.8) is 0 Å². The van der Waals surface area contributed by atoms with E-state index in [0.29, 0.717) is 0 Å². The van der Waals surface area contributed by atoms with Gasteiger partial charge in [0.2, 0.25) is 17.8 Å². The number of hydrogen-bond donors (Lipinski definition) is 7. The van der Waals surface area contributed by atoms with Crippen LogP contribution in [0.3, 0.4) is 0 Å². The van der Waals surface area contributed by atoms with Crippen molar-refractivity contribution in [2.75, 3.05) is 54.9 Å². The number of anilines is 5. The highest BCUT2D eigenvalue weighted by molar-refractivity contribution is 7.86. The third-order valence-corrected chi connectivity index (χ3v) is 12.9. The molecule has 0 fully saturated rings. The molecule has 0 aliphatic heterocycles. The minimum Gasteiger partial charge on any atom is -0.495 e. The lowest BCUT2D eigenvalue weighted by Crippen LogP contribution is -2.12. The molecule has 6 aromatic rings. The number of hydrogen-bond acceptors (Lipinski definition) is 22. The maximum absolute atomic E-state index is 15.9. The molecule has 32 heteroatoms. The molecule has 74 heavy (non-hydrogen) atoms. The lowest BCUT2D eigenvalue weighted by atomic mass is 10.2. The molecule has 0 bridgehead atoms. The predicted molar refractivity (Wildman–Crippen MR) is 260 cm³/mol. The van der Waals surface area contributed by atoms with E-state index in [1.807, 2.05) is 0 Å². The average molecular weight is 1110 g/mol. The predicted octanol–water partition coefficient (Wildman–Crippen LogP) is 7.90. The van der Waals surface area contributed by atoms with E-state index in [9.17, 15) is 51.9 Å². The van der Waals surface area contributed by atoms with Crippen LogP contribution in [-0.2, 0) is 47.0 Å². The first-order valence-electron chi connectivity index (χ1n) is 20.9. The first-order valence-corrected chi connectivity index (χ1v) is 27.0. The average Bonchev–Trinajstić information content (AvgIpc) is 3.32. The Kier molecular flexibility index (Phi) is 18.0. The molecule has 0 unspecified atom stereocenters. The number of ether oxygens (including phenoxy) is 4. The van der Waals surface area contributed by atoms with Crippen LogP contribution in [0.4, 0.5) is 60.8 Å². The Morgan fingerprint density at radius 2 is 0.946 bits per heavy atom. The molecule has 0 aliphatic carbocycles. The summed E-state index contributed by atoms with van der Waals surface area (Å²) >= 11 is 0. The number of benzene rings is 5. The fourth-order valence-corrected chi connectivity index (χ4v) is 8.50. The summed E-state index contributed by atoms with van der Waals surface area (Å²) in [4.78, 5) is 11.8. The smallest absolute Gasteiger partial charge is 0.298 e. The van der Waals surface area contributed by atoms with Gasteiger partial charge >= 0.3 is 0 Å². The molecule has 0 spiro atoms. The molecule has 1 aromatic heterocycles. The van der Waals surface area contributed by atoms with Crippen LogP contribution in [0.1, 0.15) is 18.4 Å². The Bertz CT molecular complexity index is 3340. The summed E-state index contributed by atoms with van der Waals surface area (Å²) in [6, 6.07) is 19.4. The summed E-state index contributed by atoms with van der Waals surface area (Å²) < 4.78 is 185. The fourth-order valence-electron chi connectivity index (χ4n) is 6.19. The maximum atomic E-state index is 15.9. The molecule has 0 amide bonds. The van der Waals surface area contributed by atoms with Crippen LogP contribution in [0.25, 0.3) is 0 Å². The summed E-state index contributed by atoms with van der Waals surface area (Å²) in [7, 11) is -16.1. The number of rotatable bonds is 25. The third kappa shape index (κ3) is 16.5. The molecule has 5 aromatic carbocycles. The second-order valence-electron chi connectivity index (χ2n) is 15.0. The summed E-state index contributed by atoms with van der Waals surface area (Å²) in [5.74, 6) is -5.23.